The smallest absolute Gasteiger partial charge is 0.422 e. The maximum absolute atomic E-state index is 12.5. The summed E-state index contributed by atoms with van der Waals surface area (Å²) in [6.07, 6.45) is -4.58. The monoisotopic (exact) mass is 389 g/mol. The van der Waals surface area contributed by atoms with E-state index in [2.05, 4.69) is 9.46 Å². The van der Waals surface area contributed by atoms with Crippen LogP contribution in [-0.4, -0.2) is 32.3 Å². The molecule has 2 N–H and O–H groups in total. The zero-order valence-electron chi connectivity index (χ0n) is 13.4. The number of benzene rings is 2. The maximum atomic E-state index is 12.5. The van der Waals surface area contributed by atoms with E-state index in [4.69, 9.17) is 5.11 Å². The number of rotatable bonds is 6. The highest BCUT2D eigenvalue weighted by Gasteiger charge is 2.29. The summed E-state index contributed by atoms with van der Waals surface area (Å²) < 4.78 is 68.6. The van der Waals surface area contributed by atoms with Crippen LogP contribution in [0.5, 0.6) is 5.75 Å². The predicted molar refractivity (Wildman–Crippen MR) is 86.9 cm³/mol. The number of para-hydroxylation sites is 2. The summed E-state index contributed by atoms with van der Waals surface area (Å²) in [5.41, 5.74) is -0.0333. The molecular weight excluding hydrogens is 375 g/mol. The molecule has 2 aromatic rings. The molecule has 0 saturated heterocycles. The number of alkyl halides is 3. The molecule has 0 radical (unpaired) electrons. The molecule has 2 aromatic carbocycles. The Labute approximate surface area is 147 Å². The first-order valence-electron chi connectivity index (χ1n) is 7.15. The lowest BCUT2D eigenvalue weighted by atomic mass is 10.1. The van der Waals surface area contributed by atoms with Crippen molar-refractivity contribution < 1.29 is 36.2 Å². The average Bonchev–Trinajstić information content (AvgIpc) is 2.53. The zero-order valence-corrected chi connectivity index (χ0v) is 14.2. The molecule has 0 atom stereocenters. The first-order valence-corrected chi connectivity index (χ1v) is 8.63. The van der Waals surface area contributed by atoms with E-state index in [9.17, 15) is 26.4 Å². The van der Waals surface area contributed by atoms with E-state index in [1.807, 2.05) is 0 Å². The van der Waals surface area contributed by atoms with Crippen molar-refractivity contribution in [2.75, 3.05) is 11.3 Å². The molecule has 2 rings (SSSR count). The van der Waals surface area contributed by atoms with E-state index < -0.39 is 28.8 Å². The number of hydrogen-bond acceptors (Lipinski definition) is 4. The fraction of sp³-hybridized carbons (Fsp3) is 0.188. The van der Waals surface area contributed by atoms with Gasteiger partial charge in [0, 0.05) is 0 Å². The topological polar surface area (TPSA) is 92.7 Å². The minimum absolute atomic E-state index is 0.200. The quantitative estimate of drug-likeness (QED) is 0.790. The summed E-state index contributed by atoms with van der Waals surface area (Å²) in [5, 5.41) is 9.09. The number of ether oxygens (including phenoxy) is 1. The highest BCUT2D eigenvalue weighted by Crippen LogP contribution is 2.29. The third kappa shape index (κ3) is 4.88. The molecule has 0 amide bonds. The predicted octanol–water partition coefficient (Wildman–Crippen LogP) is 3.44. The Morgan fingerprint density at radius 3 is 2.46 bits per heavy atom. The van der Waals surface area contributed by atoms with Crippen LogP contribution < -0.4 is 9.46 Å². The lowest BCUT2D eigenvalue weighted by molar-refractivity contribution is -0.153. The lowest BCUT2D eigenvalue weighted by Gasteiger charge is -2.15. The van der Waals surface area contributed by atoms with E-state index in [0.29, 0.717) is 5.56 Å². The number of anilines is 1. The Morgan fingerprint density at radius 2 is 1.85 bits per heavy atom. The first-order chi connectivity index (χ1) is 12.0. The second-order valence-corrected chi connectivity index (χ2v) is 6.97. The van der Waals surface area contributed by atoms with Crippen molar-refractivity contribution in [2.24, 2.45) is 0 Å². The van der Waals surface area contributed by atoms with Gasteiger partial charge in [-0.25, -0.2) is 13.2 Å². The number of aromatic carboxylic acids is 1. The fourth-order valence-corrected chi connectivity index (χ4v) is 3.13. The van der Waals surface area contributed by atoms with E-state index in [1.165, 1.54) is 43.3 Å². The normalized spacial score (nSPS) is 11.8. The minimum atomic E-state index is -4.58. The Morgan fingerprint density at radius 1 is 1.19 bits per heavy atom. The van der Waals surface area contributed by atoms with Gasteiger partial charge in [0.2, 0.25) is 0 Å². The molecule has 0 aromatic heterocycles. The van der Waals surface area contributed by atoms with E-state index in [1.54, 1.807) is 0 Å². The zero-order chi connectivity index (χ0) is 19.5. The van der Waals surface area contributed by atoms with Crippen LogP contribution in [0.1, 0.15) is 15.9 Å². The number of aryl methyl sites for hydroxylation is 1. The summed E-state index contributed by atoms with van der Waals surface area (Å²) in [6.45, 7) is -0.0764. The molecule has 0 heterocycles. The first kappa shape index (κ1) is 19.6. The summed E-state index contributed by atoms with van der Waals surface area (Å²) in [4.78, 5) is 10.8. The van der Waals surface area contributed by atoms with Crippen LogP contribution in [0.3, 0.4) is 0 Å². The van der Waals surface area contributed by atoms with Crippen molar-refractivity contribution in [1.82, 2.24) is 0 Å². The molecule has 0 unspecified atom stereocenters. The lowest BCUT2D eigenvalue weighted by Crippen LogP contribution is -2.20. The Bertz CT molecular complexity index is 926. The van der Waals surface area contributed by atoms with Gasteiger partial charge < -0.3 is 9.84 Å². The molecule has 6 nitrogen and oxygen atoms in total. The molecule has 0 aliphatic rings. The van der Waals surface area contributed by atoms with Crippen LogP contribution in [0.2, 0.25) is 0 Å². The Hall–Kier alpha value is -2.75. The van der Waals surface area contributed by atoms with Crippen molar-refractivity contribution >= 4 is 21.7 Å². The van der Waals surface area contributed by atoms with Gasteiger partial charge in [-0.05, 0) is 36.8 Å². The van der Waals surface area contributed by atoms with Crippen LogP contribution in [-0.2, 0) is 10.0 Å². The van der Waals surface area contributed by atoms with Crippen molar-refractivity contribution in [3.8, 4) is 5.75 Å². The van der Waals surface area contributed by atoms with Crippen molar-refractivity contribution in [3.63, 3.8) is 0 Å². The van der Waals surface area contributed by atoms with Gasteiger partial charge in [0.05, 0.1) is 16.1 Å². The third-order valence-electron chi connectivity index (χ3n) is 3.27. The maximum Gasteiger partial charge on any atom is 0.422 e. The fourth-order valence-electron chi connectivity index (χ4n) is 2.04. The molecule has 0 fully saturated rings. The highest BCUT2D eigenvalue weighted by molar-refractivity contribution is 7.92. The largest absolute Gasteiger partial charge is 0.482 e. The van der Waals surface area contributed by atoms with Gasteiger partial charge in [0.1, 0.15) is 5.75 Å². The van der Waals surface area contributed by atoms with Crippen molar-refractivity contribution in [3.05, 3.63) is 53.6 Å². The molecule has 0 spiro atoms. The van der Waals surface area contributed by atoms with Gasteiger partial charge in [-0.3, -0.25) is 4.72 Å². The number of nitrogens with one attached hydrogen (secondary N) is 1. The second-order valence-electron chi connectivity index (χ2n) is 5.29. The van der Waals surface area contributed by atoms with Crippen LogP contribution >= 0.6 is 0 Å². The molecule has 26 heavy (non-hydrogen) atoms. The van der Waals surface area contributed by atoms with Crippen molar-refractivity contribution in [2.45, 2.75) is 18.0 Å². The van der Waals surface area contributed by atoms with E-state index in [0.717, 1.165) is 6.07 Å². The van der Waals surface area contributed by atoms with Crippen LogP contribution in [0.4, 0.5) is 18.9 Å². The summed E-state index contributed by atoms with van der Waals surface area (Å²) in [5.74, 6) is -1.60. The molecular formula is C16H14F3NO5S. The number of sulfonamides is 1. The summed E-state index contributed by atoms with van der Waals surface area (Å²) in [7, 11) is -4.24. The Kier molecular flexibility index (Phi) is 5.45. The van der Waals surface area contributed by atoms with E-state index >= 15 is 0 Å². The van der Waals surface area contributed by atoms with Gasteiger partial charge in [-0.15, -0.1) is 0 Å². The number of carboxylic acid groups (broad SMARTS) is 1. The number of carboxylic acids is 1. The molecule has 10 heteroatoms. The van der Waals surface area contributed by atoms with Gasteiger partial charge in [0.15, 0.2) is 6.61 Å². The molecule has 0 saturated carbocycles. The third-order valence-corrected chi connectivity index (χ3v) is 4.64. The molecule has 0 bridgehead atoms. The summed E-state index contributed by atoms with van der Waals surface area (Å²) in [6, 6.07) is 8.71. The SMILES string of the molecule is Cc1ccc(S(=O)(=O)Nc2ccccc2OCC(F)(F)F)cc1C(=O)O. The number of hydrogen-bond donors (Lipinski definition) is 2. The van der Waals surface area contributed by atoms with Gasteiger partial charge in [-0.2, -0.15) is 13.2 Å². The number of carbonyl (C=O) groups is 1. The van der Waals surface area contributed by atoms with Gasteiger partial charge in [0.25, 0.3) is 10.0 Å². The van der Waals surface area contributed by atoms with Gasteiger partial charge >= 0.3 is 12.1 Å². The highest BCUT2D eigenvalue weighted by atomic mass is 32.2. The molecule has 0 aliphatic carbocycles. The molecule has 140 valence electrons. The van der Waals surface area contributed by atoms with Crippen LogP contribution in [0.15, 0.2) is 47.4 Å². The second kappa shape index (κ2) is 7.24. The van der Waals surface area contributed by atoms with Crippen LogP contribution in [0, 0.1) is 6.92 Å². The molecule has 0 aliphatic heterocycles. The standard InChI is InChI=1S/C16H14F3NO5S/c1-10-6-7-11(8-12(10)15(21)22)26(23,24)20-13-4-2-3-5-14(13)25-9-16(17,18)19/h2-8,20H,9H2,1H3,(H,21,22). The number of halogens is 3. The summed E-state index contributed by atoms with van der Waals surface area (Å²) >= 11 is 0. The Balaban J connectivity index is 2.33. The van der Waals surface area contributed by atoms with Gasteiger partial charge in [-0.1, -0.05) is 18.2 Å². The van der Waals surface area contributed by atoms with Crippen molar-refractivity contribution in [1.29, 1.82) is 0 Å². The minimum Gasteiger partial charge on any atom is -0.482 e. The average molecular weight is 389 g/mol. The van der Waals surface area contributed by atoms with Crippen LogP contribution in [0.25, 0.3) is 0 Å². The van der Waals surface area contributed by atoms with E-state index in [-0.39, 0.29) is 21.9 Å².